The summed E-state index contributed by atoms with van der Waals surface area (Å²) in [6, 6.07) is 0. The molecule has 0 fully saturated rings. The molecule has 0 aliphatic carbocycles. The number of carboxylic acids is 1. The molecular formula is C12H19O2-. The van der Waals surface area contributed by atoms with Crippen LogP contribution in [0, 0.1) is 0 Å². The summed E-state index contributed by atoms with van der Waals surface area (Å²) >= 11 is 0. The number of allylic oxidation sites excluding steroid dienone is 3. The fraction of sp³-hybridized carbons (Fsp3) is 0.583. The van der Waals surface area contributed by atoms with E-state index in [1.165, 1.54) is 5.57 Å². The average Bonchev–Trinajstić information content (AvgIpc) is 2.03. The highest BCUT2D eigenvalue weighted by Gasteiger charge is 2.00. The lowest BCUT2D eigenvalue weighted by molar-refractivity contribution is -0.299. The zero-order chi connectivity index (χ0) is 11.1. The van der Waals surface area contributed by atoms with Gasteiger partial charge in [0.05, 0.1) is 5.97 Å². The van der Waals surface area contributed by atoms with E-state index in [0.29, 0.717) is 12.0 Å². The monoisotopic (exact) mass is 195 g/mol. The fourth-order valence-electron chi connectivity index (χ4n) is 1.35. The number of aliphatic carboxylic acids is 1. The van der Waals surface area contributed by atoms with E-state index in [9.17, 15) is 9.90 Å². The molecule has 0 bridgehead atoms. The maximum Gasteiger partial charge on any atom is 0.0674 e. The minimum atomic E-state index is -1.03. The van der Waals surface area contributed by atoms with Crippen molar-refractivity contribution in [2.45, 2.75) is 47.0 Å². The molecule has 2 nitrogen and oxygen atoms in total. The quantitative estimate of drug-likeness (QED) is 0.498. The van der Waals surface area contributed by atoms with Gasteiger partial charge in [0, 0.05) is 0 Å². The molecule has 0 aromatic carbocycles. The van der Waals surface area contributed by atoms with E-state index in [-0.39, 0.29) is 0 Å². The van der Waals surface area contributed by atoms with E-state index in [4.69, 9.17) is 0 Å². The number of hydrogen-bond donors (Lipinski definition) is 0. The lowest BCUT2D eigenvalue weighted by Gasteiger charge is -2.10. The molecule has 0 unspecified atom stereocenters. The molecule has 14 heavy (non-hydrogen) atoms. The third kappa shape index (κ3) is 4.85. The molecule has 0 N–H and O–H groups in total. The Labute approximate surface area is 86.3 Å². The summed E-state index contributed by atoms with van der Waals surface area (Å²) < 4.78 is 0. The van der Waals surface area contributed by atoms with E-state index >= 15 is 0 Å². The van der Waals surface area contributed by atoms with Gasteiger partial charge in [-0.1, -0.05) is 24.1 Å². The Morgan fingerprint density at radius 1 is 1.29 bits per heavy atom. The Morgan fingerprint density at radius 3 is 2.21 bits per heavy atom. The second-order valence-corrected chi connectivity index (χ2v) is 3.72. The van der Waals surface area contributed by atoms with Crippen molar-refractivity contribution >= 4 is 5.97 Å². The Bertz CT molecular complexity index is 255. The van der Waals surface area contributed by atoms with Gasteiger partial charge in [-0.05, 0) is 45.6 Å². The summed E-state index contributed by atoms with van der Waals surface area (Å²) in [5.41, 5.74) is 2.65. The first kappa shape index (κ1) is 12.9. The molecule has 0 saturated carbocycles. The summed E-state index contributed by atoms with van der Waals surface area (Å²) in [7, 11) is 0. The number of carboxylic acid groups (broad SMARTS) is 1. The Hall–Kier alpha value is -1.05. The van der Waals surface area contributed by atoms with Gasteiger partial charge in [0.15, 0.2) is 0 Å². The van der Waals surface area contributed by atoms with Gasteiger partial charge in [-0.3, -0.25) is 0 Å². The van der Waals surface area contributed by atoms with Crippen LogP contribution in [-0.4, -0.2) is 5.97 Å². The molecule has 0 heterocycles. The van der Waals surface area contributed by atoms with Crippen molar-refractivity contribution in [2.24, 2.45) is 0 Å². The zero-order valence-electron chi connectivity index (χ0n) is 9.52. The van der Waals surface area contributed by atoms with Gasteiger partial charge in [-0.2, -0.15) is 0 Å². The Morgan fingerprint density at radius 2 is 1.86 bits per heavy atom. The molecule has 0 aromatic heterocycles. The minimum absolute atomic E-state index is 0.451. The van der Waals surface area contributed by atoms with Crippen LogP contribution in [0.3, 0.4) is 0 Å². The van der Waals surface area contributed by atoms with E-state index in [2.05, 4.69) is 6.08 Å². The van der Waals surface area contributed by atoms with Gasteiger partial charge < -0.3 is 9.90 Å². The largest absolute Gasteiger partial charge is 0.545 e. The topological polar surface area (TPSA) is 40.1 Å². The second kappa shape index (κ2) is 6.41. The second-order valence-electron chi connectivity index (χ2n) is 3.72. The van der Waals surface area contributed by atoms with Gasteiger partial charge in [-0.15, -0.1) is 0 Å². The predicted molar refractivity (Wildman–Crippen MR) is 56.7 cm³/mol. The summed E-state index contributed by atoms with van der Waals surface area (Å²) in [4.78, 5) is 10.7. The van der Waals surface area contributed by atoms with Crippen molar-refractivity contribution in [3.8, 4) is 0 Å². The summed E-state index contributed by atoms with van der Waals surface area (Å²) in [5.74, 6) is -1.03. The van der Waals surface area contributed by atoms with E-state index in [0.717, 1.165) is 18.4 Å². The molecule has 0 atom stereocenters. The first-order valence-electron chi connectivity index (χ1n) is 5.02. The molecule has 0 aliphatic rings. The lowest BCUT2D eigenvalue weighted by atomic mass is 10.0. The number of hydrogen-bond acceptors (Lipinski definition) is 2. The van der Waals surface area contributed by atoms with E-state index in [1.807, 2.05) is 27.7 Å². The highest BCUT2D eigenvalue weighted by Crippen LogP contribution is 2.14. The Balaban J connectivity index is 4.35. The molecule has 2 heteroatoms. The van der Waals surface area contributed by atoms with Crippen LogP contribution in [0.1, 0.15) is 47.0 Å². The van der Waals surface area contributed by atoms with Gasteiger partial charge in [0.2, 0.25) is 0 Å². The van der Waals surface area contributed by atoms with Crippen LogP contribution in [0.15, 0.2) is 22.8 Å². The van der Waals surface area contributed by atoms with Crippen LogP contribution in [0.4, 0.5) is 0 Å². The number of carbonyl (C=O) groups excluding carboxylic acids is 1. The SMILES string of the molecule is CC/C(C(=O)[O-])=C(/C)CCC=C(C)C. The molecule has 0 spiro atoms. The predicted octanol–water partition coefficient (Wildman–Crippen LogP) is 2.21. The van der Waals surface area contributed by atoms with Crippen LogP contribution in [0.25, 0.3) is 0 Å². The van der Waals surface area contributed by atoms with Crippen molar-refractivity contribution in [1.82, 2.24) is 0 Å². The molecule has 0 aliphatic heterocycles. The average molecular weight is 195 g/mol. The maximum atomic E-state index is 10.7. The maximum absolute atomic E-state index is 10.7. The fourth-order valence-corrected chi connectivity index (χ4v) is 1.35. The molecule has 0 saturated heterocycles. The molecule has 80 valence electrons. The van der Waals surface area contributed by atoms with Gasteiger partial charge in [0.1, 0.15) is 0 Å². The molecule has 0 aromatic rings. The molecule has 0 radical (unpaired) electrons. The van der Waals surface area contributed by atoms with Crippen LogP contribution in [-0.2, 0) is 4.79 Å². The van der Waals surface area contributed by atoms with Gasteiger partial charge in [0.25, 0.3) is 0 Å². The smallest absolute Gasteiger partial charge is 0.0674 e. The van der Waals surface area contributed by atoms with E-state index in [1.54, 1.807) is 0 Å². The van der Waals surface area contributed by atoms with Crippen molar-refractivity contribution in [2.75, 3.05) is 0 Å². The molecular weight excluding hydrogens is 176 g/mol. The van der Waals surface area contributed by atoms with Gasteiger partial charge >= 0.3 is 0 Å². The third-order valence-corrected chi connectivity index (χ3v) is 2.19. The summed E-state index contributed by atoms with van der Waals surface area (Å²) in [6.45, 7) is 7.79. The van der Waals surface area contributed by atoms with Crippen LogP contribution >= 0.6 is 0 Å². The van der Waals surface area contributed by atoms with Crippen LogP contribution < -0.4 is 5.11 Å². The van der Waals surface area contributed by atoms with Crippen LogP contribution in [0.5, 0.6) is 0 Å². The summed E-state index contributed by atoms with van der Waals surface area (Å²) in [6.07, 6.45) is 4.38. The van der Waals surface area contributed by atoms with Crippen molar-refractivity contribution in [3.05, 3.63) is 22.8 Å². The normalized spacial score (nSPS) is 12.0. The lowest BCUT2D eigenvalue weighted by Crippen LogP contribution is -2.25. The van der Waals surface area contributed by atoms with Crippen molar-refractivity contribution < 1.29 is 9.90 Å². The molecule has 0 rings (SSSR count). The summed E-state index contributed by atoms with van der Waals surface area (Å²) in [5, 5.41) is 10.7. The number of rotatable bonds is 5. The Kier molecular flexibility index (Phi) is 5.93. The minimum Gasteiger partial charge on any atom is -0.545 e. The van der Waals surface area contributed by atoms with Crippen LogP contribution in [0.2, 0.25) is 0 Å². The van der Waals surface area contributed by atoms with E-state index < -0.39 is 5.97 Å². The van der Waals surface area contributed by atoms with Crippen molar-refractivity contribution in [1.29, 1.82) is 0 Å². The highest BCUT2D eigenvalue weighted by atomic mass is 16.4. The third-order valence-electron chi connectivity index (χ3n) is 2.19. The standard InChI is InChI=1S/C12H20O2/c1-5-11(12(13)14)10(4)8-6-7-9(2)3/h7H,5-6,8H2,1-4H3,(H,13,14)/p-1/b11-10+. The first-order valence-corrected chi connectivity index (χ1v) is 5.02. The highest BCUT2D eigenvalue weighted by molar-refractivity contribution is 5.85. The number of carbonyl (C=O) groups is 1. The first-order chi connectivity index (χ1) is 6.49. The zero-order valence-corrected chi connectivity index (χ0v) is 9.52. The van der Waals surface area contributed by atoms with Gasteiger partial charge in [-0.25, -0.2) is 0 Å². The van der Waals surface area contributed by atoms with Crippen molar-refractivity contribution in [3.63, 3.8) is 0 Å². The molecule has 0 amide bonds.